The smallest absolute Gasteiger partial charge is 0.338 e. The molecule has 2 atom stereocenters. The lowest BCUT2D eigenvalue weighted by Crippen LogP contribution is -2.44. The van der Waals surface area contributed by atoms with E-state index in [1.807, 2.05) is 6.07 Å². The van der Waals surface area contributed by atoms with E-state index in [4.69, 9.17) is 4.74 Å². The van der Waals surface area contributed by atoms with E-state index in [1.165, 1.54) is 12.0 Å². The first kappa shape index (κ1) is 11.4. The Morgan fingerprint density at radius 1 is 1.26 bits per heavy atom. The van der Waals surface area contributed by atoms with Gasteiger partial charge in [-0.15, -0.1) is 0 Å². The molecule has 19 heavy (non-hydrogen) atoms. The maximum Gasteiger partial charge on any atom is 0.338 e. The number of ether oxygens (including phenoxy) is 1. The van der Waals surface area contributed by atoms with Crippen LogP contribution < -0.4 is 5.32 Å². The molecule has 2 heterocycles. The highest BCUT2D eigenvalue weighted by atomic mass is 16.5. The fraction of sp³-hybridized carbons (Fsp3) is 0.533. The predicted molar refractivity (Wildman–Crippen MR) is 71.2 cm³/mol. The van der Waals surface area contributed by atoms with Crippen molar-refractivity contribution in [3.63, 3.8) is 0 Å². The van der Waals surface area contributed by atoms with Crippen LogP contribution in [0.25, 0.3) is 0 Å². The van der Waals surface area contributed by atoms with Gasteiger partial charge < -0.3 is 10.1 Å². The summed E-state index contributed by atoms with van der Waals surface area (Å²) in [6.45, 7) is 4.99. The third kappa shape index (κ3) is 1.95. The van der Waals surface area contributed by atoms with Crippen LogP contribution in [-0.4, -0.2) is 43.1 Å². The number of cyclic esters (lactones) is 1. The predicted octanol–water partition coefficient (Wildman–Crippen LogP) is 1.12. The molecule has 1 saturated carbocycles. The fourth-order valence-corrected chi connectivity index (χ4v) is 3.34. The standard InChI is InChI=1S/C15H18N2O2/c18-15-12-2-1-10(7-11(12)9-19-15)13-8-14(13)17-5-3-16-4-6-17/h1-2,7,13-14,16H,3-6,8-9H2/t13-,14-/m0/s1. The number of benzene rings is 1. The molecule has 1 aliphatic carbocycles. The van der Waals surface area contributed by atoms with Crippen molar-refractivity contribution in [1.82, 2.24) is 10.2 Å². The SMILES string of the molecule is O=C1OCc2cc([C@@H]3C[C@@H]3N3CCNCC3)ccc21. The van der Waals surface area contributed by atoms with E-state index < -0.39 is 0 Å². The minimum Gasteiger partial charge on any atom is -0.457 e. The lowest BCUT2D eigenvalue weighted by molar-refractivity contribution is 0.0535. The highest BCUT2D eigenvalue weighted by molar-refractivity contribution is 5.93. The van der Waals surface area contributed by atoms with Crippen molar-refractivity contribution in [1.29, 1.82) is 0 Å². The van der Waals surface area contributed by atoms with Crippen LogP contribution in [0.15, 0.2) is 18.2 Å². The average Bonchev–Trinajstić information content (AvgIpc) is 3.19. The van der Waals surface area contributed by atoms with E-state index >= 15 is 0 Å². The van der Waals surface area contributed by atoms with E-state index in [-0.39, 0.29) is 5.97 Å². The third-order valence-corrected chi connectivity index (χ3v) is 4.51. The molecule has 1 aromatic rings. The first-order valence-corrected chi connectivity index (χ1v) is 7.07. The second kappa shape index (κ2) is 4.32. The number of carbonyl (C=O) groups is 1. The van der Waals surface area contributed by atoms with Crippen molar-refractivity contribution in [2.45, 2.75) is 25.0 Å². The van der Waals surface area contributed by atoms with E-state index in [1.54, 1.807) is 0 Å². The minimum absolute atomic E-state index is 0.170. The Labute approximate surface area is 112 Å². The van der Waals surface area contributed by atoms with Gasteiger partial charge in [-0.3, -0.25) is 4.90 Å². The Bertz CT molecular complexity index is 523. The van der Waals surface area contributed by atoms with Gasteiger partial charge in [0.25, 0.3) is 0 Å². The van der Waals surface area contributed by atoms with Crippen LogP contribution in [0.3, 0.4) is 0 Å². The second-order valence-electron chi connectivity index (χ2n) is 5.69. The van der Waals surface area contributed by atoms with Crippen LogP contribution in [0, 0.1) is 0 Å². The Balaban J connectivity index is 1.51. The molecule has 1 aromatic carbocycles. The molecular formula is C15H18N2O2. The number of rotatable bonds is 2. The Kier molecular flexibility index (Phi) is 2.60. The van der Waals surface area contributed by atoms with Crippen molar-refractivity contribution in [3.05, 3.63) is 34.9 Å². The van der Waals surface area contributed by atoms with Gasteiger partial charge in [-0.25, -0.2) is 4.79 Å². The zero-order chi connectivity index (χ0) is 12.8. The quantitative estimate of drug-likeness (QED) is 0.807. The average molecular weight is 258 g/mol. The fourth-order valence-electron chi connectivity index (χ4n) is 3.34. The first-order chi connectivity index (χ1) is 9.33. The van der Waals surface area contributed by atoms with Crippen LogP contribution in [0.5, 0.6) is 0 Å². The highest BCUT2D eigenvalue weighted by Crippen LogP contribution is 2.45. The number of hydrogen-bond donors (Lipinski definition) is 1. The molecule has 0 amide bonds. The lowest BCUT2D eigenvalue weighted by atomic mass is 10.0. The van der Waals surface area contributed by atoms with E-state index in [9.17, 15) is 4.79 Å². The maximum atomic E-state index is 11.4. The second-order valence-corrected chi connectivity index (χ2v) is 5.69. The summed E-state index contributed by atoms with van der Waals surface area (Å²) in [7, 11) is 0. The topological polar surface area (TPSA) is 41.6 Å². The molecule has 0 bridgehead atoms. The van der Waals surface area contributed by atoms with Crippen molar-refractivity contribution >= 4 is 5.97 Å². The molecule has 3 aliphatic rings. The number of hydrogen-bond acceptors (Lipinski definition) is 4. The van der Waals surface area contributed by atoms with Crippen molar-refractivity contribution in [3.8, 4) is 0 Å². The molecule has 0 aromatic heterocycles. The molecule has 100 valence electrons. The normalized spacial score (nSPS) is 30.0. The third-order valence-electron chi connectivity index (χ3n) is 4.51. The minimum atomic E-state index is -0.170. The van der Waals surface area contributed by atoms with Gasteiger partial charge in [-0.05, 0) is 18.1 Å². The summed E-state index contributed by atoms with van der Waals surface area (Å²) >= 11 is 0. The highest BCUT2D eigenvalue weighted by Gasteiger charge is 2.43. The van der Waals surface area contributed by atoms with Crippen molar-refractivity contribution in [2.24, 2.45) is 0 Å². The number of nitrogens with zero attached hydrogens (tertiary/aromatic N) is 1. The van der Waals surface area contributed by atoms with E-state index in [2.05, 4.69) is 22.3 Å². The summed E-state index contributed by atoms with van der Waals surface area (Å²) in [4.78, 5) is 14.0. The molecular weight excluding hydrogens is 240 g/mol. The van der Waals surface area contributed by atoms with Crippen LogP contribution in [0.1, 0.15) is 33.8 Å². The van der Waals surface area contributed by atoms with Crippen LogP contribution in [-0.2, 0) is 11.3 Å². The largest absolute Gasteiger partial charge is 0.457 e. The van der Waals surface area contributed by atoms with Gasteiger partial charge in [0.05, 0.1) is 5.56 Å². The number of piperazine rings is 1. The van der Waals surface area contributed by atoms with Crippen LogP contribution in [0.4, 0.5) is 0 Å². The van der Waals surface area contributed by atoms with Crippen molar-refractivity contribution in [2.75, 3.05) is 26.2 Å². The molecule has 1 N–H and O–H groups in total. The number of fused-ring (bicyclic) bond motifs is 1. The molecule has 1 saturated heterocycles. The van der Waals surface area contributed by atoms with Gasteiger partial charge in [-0.1, -0.05) is 12.1 Å². The summed E-state index contributed by atoms with van der Waals surface area (Å²) in [6, 6.07) is 6.93. The number of carbonyl (C=O) groups excluding carboxylic acids is 1. The van der Waals surface area contributed by atoms with Gasteiger partial charge in [0.2, 0.25) is 0 Å². The van der Waals surface area contributed by atoms with Gasteiger partial charge in [0.1, 0.15) is 6.61 Å². The molecule has 0 radical (unpaired) electrons. The van der Waals surface area contributed by atoms with E-state index in [0.29, 0.717) is 18.6 Å². The maximum absolute atomic E-state index is 11.4. The Morgan fingerprint density at radius 2 is 2.11 bits per heavy atom. The van der Waals surface area contributed by atoms with Gasteiger partial charge in [-0.2, -0.15) is 0 Å². The molecule has 2 aliphatic heterocycles. The first-order valence-electron chi connectivity index (χ1n) is 7.07. The molecule has 2 fully saturated rings. The number of esters is 1. The van der Waals surface area contributed by atoms with Gasteiger partial charge >= 0.3 is 5.97 Å². The monoisotopic (exact) mass is 258 g/mol. The van der Waals surface area contributed by atoms with E-state index in [0.717, 1.165) is 37.3 Å². The summed E-state index contributed by atoms with van der Waals surface area (Å²) in [5.74, 6) is 0.482. The Hall–Kier alpha value is -1.39. The summed E-state index contributed by atoms with van der Waals surface area (Å²) in [5.41, 5.74) is 3.19. The van der Waals surface area contributed by atoms with Crippen LogP contribution >= 0.6 is 0 Å². The zero-order valence-corrected chi connectivity index (χ0v) is 10.9. The lowest BCUT2D eigenvalue weighted by Gasteiger charge is -2.27. The van der Waals surface area contributed by atoms with Gasteiger partial charge in [0, 0.05) is 43.7 Å². The van der Waals surface area contributed by atoms with Gasteiger partial charge in [0.15, 0.2) is 0 Å². The molecule has 0 spiro atoms. The molecule has 0 unspecified atom stereocenters. The summed E-state index contributed by atoms with van der Waals surface area (Å²) in [6.07, 6.45) is 1.26. The van der Waals surface area contributed by atoms with Crippen LogP contribution in [0.2, 0.25) is 0 Å². The molecule has 4 rings (SSSR count). The zero-order valence-electron chi connectivity index (χ0n) is 10.9. The Morgan fingerprint density at radius 3 is 2.95 bits per heavy atom. The molecule has 4 heteroatoms. The summed E-state index contributed by atoms with van der Waals surface area (Å²) < 4.78 is 5.06. The van der Waals surface area contributed by atoms with Crippen molar-refractivity contribution < 1.29 is 9.53 Å². The number of nitrogens with one attached hydrogen (secondary N) is 1. The molecule has 4 nitrogen and oxygen atoms in total. The summed E-state index contributed by atoms with van der Waals surface area (Å²) in [5, 5.41) is 3.40.